The van der Waals surface area contributed by atoms with Crippen molar-refractivity contribution in [2.45, 2.75) is 6.92 Å². The molecule has 3 aromatic rings. The molecule has 0 atom stereocenters. The number of benzene rings is 1. The van der Waals surface area contributed by atoms with Gasteiger partial charge in [0.2, 0.25) is 5.95 Å². The number of hydrogen-bond donors (Lipinski definition) is 2. The second-order valence-electron chi connectivity index (χ2n) is 5.27. The van der Waals surface area contributed by atoms with Crippen LogP contribution in [-0.2, 0) is 0 Å². The van der Waals surface area contributed by atoms with E-state index < -0.39 is 5.91 Å². The molecule has 0 fully saturated rings. The van der Waals surface area contributed by atoms with Gasteiger partial charge in [-0.2, -0.15) is 5.26 Å². The van der Waals surface area contributed by atoms with Crippen molar-refractivity contribution in [1.82, 2.24) is 9.97 Å². The number of aromatic nitrogens is 2. The van der Waals surface area contributed by atoms with Gasteiger partial charge in [0.25, 0.3) is 5.91 Å². The Morgan fingerprint density at radius 1 is 1.36 bits per heavy atom. The van der Waals surface area contributed by atoms with Crippen LogP contribution < -0.4 is 11.5 Å². The first-order valence-corrected chi connectivity index (χ1v) is 9.04. The molecule has 0 aliphatic rings. The normalized spacial score (nSPS) is 10.4. The Morgan fingerprint density at radius 2 is 2.12 bits per heavy atom. The van der Waals surface area contributed by atoms with Gasteiger partial charge in [-0.3, -0.25) is 4.79 Å². The number of thiophene rings is 1. The average molecular weight is 461 g/mol. The van der Waals surface area contributed by atoms with E-state index in [1.54, 1.807) is 6.07 Å². The Kier molecular flexibility index (Phi) is 4.69. The zero-order chi connectivity index (χ0) is 18.1. The van der Waals surface area contributed by atoms with Gasteiger partial charge in [-0.15, -0.1) is 11.3 Å². The summed E-state index contributed by atoms with van der Waals surface area (Å²) in [5, 5.41) is 9.76. The zero-order valence-corrected chi connectivity index (χ0v) is 16.1. The fourth-order valence-corrected chi connectivity index (χ4v) is 4.50. The summed E-state index contributed by atoms with van der Waals surface area (Å²) in [5.74, 6) is -0.483. The Balaban J connectivity index is 2.35. The molecule has 2 heterocycles. The molecule has 124 valence electrons. The number of nitriles is 1. The lowest BCUT2D eigenvalue weighted by atomic mass is 9.99. The highest BCUT2D eigenvalue weighted by atomic mass is 127. The lowest BCUT2D eigenvalue weighted by molar-refractivity contribution is 0.100. The molecule has 3 rings (SSSR count). The van der Waals surface area contributed by atoms with Crippen LogP contribution in [0.25, 0.3) is 21.7 Å². The van der Waals surface area contributed by atoms with Crippen molar-refractivity contribution in [3.63, 3.8) is 0 Å². The summed E-state index contributed by atoms with van der Waals surface area (Å²) < 4.78 is 0.933. The summed E-state index contributed by atoms with van der Waals surface area (Å²) in [7, 11) is 0. The minimum atomic E-state index is -0.582. The number of nitrogen functional groups attached to an aromatic ring is 1. The van der Waals surface area contributed by atoms with Crippen LogP contribution >= 0.6 is 33.9 Å². The van der Waals surface area contributed by atoms with Gasteiger partial charge >= 0.3 is 0 Å². The fourth-order valence-electron chi connectivity index (χ4n) is 2.47. The number of hydrogen-bond acceptors (Lipinski definition) is 6. The summed E-state index contributed by atoms with van der Waals surface area (Å²) in [5.41, 5.74) is 14.5. The molecule has 4 N–H and O–H groups in total. The molecule has 0 spiro atoms. The average Bonchev–Trinajstić information content (AvgIpc) is 2.94. The van der Waals surface area contributed by atoms with Crippen LogP contribution in [-0.4, -0.2) is 15.9 Å². The number of carbonyl (C=O) groups excluding carboxylic acids is 1. The van der Waals surface area contributed by atoms with Gasteiger partial charge in [0.15, 0.2) is 0 Å². The van der Waals surface area contributed by atoms with E-state index in [0.717, 1.165) is 26.0 Å². The lowest BCUT2D eigenvalue weighted by Crippen LogP contribution is -2.10. The molecule has 0 aliphatic carbocycles. The predicted octanol–water partition coefficient (Wildman–Crippen LogP) is 3.34. The molecule has 0 aliphatic heterocycles. The molecule has 2 aromatic heterocycles. The molecule has 6 nitrogen and oxygen atoms in total. The minimum absolute atomic E-state index is 0.0990. The molecule has 25 heavy (non-hydrogen) atoms. The van der Waals surface area contributed by atoms with Crippen molar-refractivity contribution in [1.29, 1.82) is 5.26 Å². The van der Waals surface area contributed by atoms with E-state index in [1.165, 1.54) is 6.20 Å². The first kappa shape index (κ1) is 17.3. The Hall–Kier alpha value is -2.51. The van der Waals surface area contributed by atoms with Crippen LogP contribution in [0.2, 0.25) is 0 Å². The van der Waals surface area contributed by atoms with Crippen LogP contribution in [0.3, 0.4) is 0 Å². The third-order valence-corrected chi connectivity index (χ3v) is 5.66. The summed E-state index contributed by atoms with van der Waals surface area (Å²) in [6, 6.07) is 9.66. The fraction of sp³-hybridized carbons (Fsp3) is 0.0588. The summed E-state index contributed by atoms with van der Waals surface area (Å²) in [6.07, 6.45) is 1.51. The number of anilines is 1. The third kappa shape index (κ3) is 3.20. The summed E-state index contributed by atoms with van der Waals surface area (Å²) in [4.78, 5) is 20.9. The first-order chi connectivity index (χ1) is 11.9. The van der Waals surface area contributed by atoms with Crippen molar-refractivity contribution >= 4 is 45.8 Å². The van der Waals surface area contributed by atoms with Crippen molar-refractivity contribution in [2.75, 3.05) is 5.73 Å². The van der Waals surface area contributed by atoms with Crippen molar-refractivity contribution in [3.8, 4) is 27.8 Å². The molecule has 1 amide bonds. The highest BCUT2D eigenvalue weighted by Crippen LogP contribution is 2.42. The molecule has 8 heteroatoms. The molecule has 0 saturated carbocycles. The van der Waals surface area contributed by atoms with E-state index in [9.17, 15) is 10.1 Å². The Morgan fingerprint density at radius 3 is 2.72 bits per heavy atom. The first-order valence-electron chi connectivity index (χ1n) is 7.14. The van der Waals surface area contributed by atoms with Gasteiger partial charge in [-0.05, 0) is 47.2 Å². The van der Waals surface area contributed by atoms with Crippen LogP contribution in [0.1, 0.15) is 20.8 Å². The number of nitrogens with two attached hydrogens (primary N) is 2. The lowest BCUT2D eigenvalue weighted by Gasteiger charge is -2.07. The number of halogens is 1. The van der Waals surface area contributed by atoms with Crippen molar-refractivity contribution in [2.24, 2.45) is 5.73 Å². The zero-order valence-electron chi connectivity index (χ0n) is 13.1. The Labute approximate surface area is 161 Å². The summed E-state index contributed by atoms with van der Waals surface area (Å²) >= 11 is 3.33. The molecule has 1 aromatic carbocycles. The maximum Gasteiger partial charge on any atom is 0.259 e. The number of aryl methyl sites for hydroxylation is 1. The number of nitrogens with zero attached hydrogens (tertiary/aromatic N) is 3. The van der Waals surface area contributed by atoms with Crippen molar-refractivity contribution < 1.29 is 4.79 Å². The maximum atomic E-state index is 12.0. The third-order valence-electron chi connectivity index (χ3n) is 3.54. The van der Waals surface area contributed by atoms with Gasteiger partial charge in [0.1, 0.15) is 10.9 Å². The van der Waals surface area contributed by atoms with Gasteiger partial charge < -0.3 is 11.5 Å². The highest BCUT2D eigenvalue weighted by molar-refractivity contribution is 14.1. The Bertz CT molecular complexity index is 1040. The molecular weight excluding hydrogens is 449 g/mol. The molecule has 0 unspecified atom stereocenters. The van der Waals surface area contributed by atoms with E-state index in [0.29, 0.717) is 26.6 Å². The van der Waals surface area contributed by atoms with Crippen LogP contribution in [0.4, 0.5) is 5.95 Å². The van der Waals surface area contributed by atoms with E-state index in [1.807, 2.05) is 25.1 Å². The van der Waals surface area contributed by atoms with Gasteiger partial charge in [0, 0.05) is 15.3 Å². The minimum Gasteiger partial charge on any atom is -0.368 e. The van der Waals surface area contributed by atoms with E-state index in [2.05, 4.69) is 38.6 Å². The SMILES string of the molecule is Cc1ccc(-c2c(C(N)=O)sc(-c3ccnc(N)n3)c2C#N)c(I)c1. The quantitative estimate of drug-likeness (QED) is 0.580. The number of primary amides is 1. The molecule has 0 radical (unpaired) electrons. The van der Waals surface area contributed by atoms with Crippen LogP contribution in [0, 0.1) is 21.8 Å². The van der Waals surface area contributed by atoms with Gasteiger partial charge in [-0.25, -0.2) is 9.97 Å². The van der Waals surface area contributed by atoms with E-state index in [4.69, 9.17) is 11.5 Å². The van der Waals surface area contributed by atoms with Crippen LogP contribution in [0.5, 0.6) is 0 Å². The second kappa shape index (κ2) is 6.78. The molecular formula is C17H12IN5OS. The molecule has 0 saturated heterocycles. The van der Waals surface area contributed by atoms with E-state index >= 15 is 0 Å². The van der Waals surface area contributed by atoms with E-state index in [-0.39, 0.29) is 5.95 Å². The number of rotatable bonds is 3. The highest BCUT2D eigenvalue weighted by Gasteiger charge is 2.25. The van der Waals surface area contributed by atoms with Gasteiger partial charge in [0.05, 0.1) is 16.1 Å². The monoisotopic (exact) mass is 461 g/mol. The summed E-state index contributed by atoms with van der Waals surface area (Å²) in [6.45, 7) is 1.98. The second-order valence-corrected chi connectivity index (χ2v) is 7.45. The van der Waals surface area contributed by atoms with Gasteiger partial charge in [-0.1, -0.05) is 17.7 Å². The largest absolute Gasteiger partial charge is 0.368 e. The number of carbonyl (C=O) groups is 1. The standard InChI is InChI=1S/C17H12IN5OS/c1-8-2-3-9(11(18)6-8)13-10(7-19)14(25-15(13)16(20)24)12-4-5-22-17(21)23-12/h2-6H,1H3,(H2,20,24)(H2,21,22,23). The van der Waals surface area contributed by atoms with Crippen LogP contribution in [0.15, 0.2) is 30.5 Å². The maximum absolute atomic E-state index is 12.0. The topological polar surface area (TPSA) is 119 Å². The smallest absolute Gasteiger partial charge is 0.259 e. The predicted molar refractivity (Wildman–Crippen MR) is 106 cm³/mol. The molecule has 0 bridgehead atoms. The number of amides is 1. The van der Waals surface area contributed by atoms with Crippen molar-refractivity contribution in [3.05, 3.63) is 50.0 Å².